The van der Waals surface area contributed by atoms with E-state index in [1.165, 1.54) is 0 Å². The zero-order valence-electron chi connectivity index (χ0n) is 19.8. The van der Waals surface area contributed by atoms with Gasteiger partial charge in [0.1, 0.15) is 0 Å². The van der Waals surface area contributed by atoms with Gasteiger partial charge >= 0.3 is 5.97 Å². The SMILES string of the molecule is O=C(C1CC1)N1CCN(c2ccnn3cc(-c4ccc(C5(C(=O)O)CCNCC5)cc4)cc23)CC1. The number of hydrogen-bond donors (Lipinski definition) is 2. The zero-order valence-corrected chi connectivity index (χ0v) is 19.8. The second-order valence-corrected chi connectivity index (χ2v) is 10.1. The Morgan fingerprint density at radius 1 is 0.971 bits per heavy atom. The van der Waals surface area contributed by atoms with E-state index in [0.717, 1.165) is 80.0 Å². The fraction of sp³-hybridized carbons (Fsp3) is 0.444. The first kappa shape index (κ1) is 22.1. The van der Waals surface area contributed by atoms with Gasteiger partial charge in [0.2, 0.25) is 5.91 Å². The van der Waals surface area contributed by atoms with Crippen molar-refractivity contribution in [2.45, 2.75) is 31.1 Å². The molecule has 1 amide bonds. The molecule has 1 aliphatic carbocycles. The molecule has 0 bridgehead atoms. The van der Waals surface area contributed by atoms with Crippen LogP contribution in [0.25, 0.3) is 16.6 Å². The average molecular weight is 474 g/mol. The van der Waals surface area contributed by atoms with E-state index in [4.69, 9.17) is 0 Å². The molecular formula is C27H31N5O3. The fourth-order valence-electron chi connectivity index (χ4n) is 5.64. The van der Waals surface area contributed by atoms with Crippen LogP contribution >= 0.6 is 0 Å². The Bertz CT molecular complexity index is 1250. The smallest absolute Gasteiger partial charge is 0.314 e. The minimum absolute atomic E-state index is 0.272. The lowest BCUT2D eigenvalue weighted by Crippen LogP contribution is -2.49. The minimum atomic E-state index is -0.812. The first-order chi connectivity index (χ1) is 17.0. The van der Waals surface area contributed by atoms with E-state index >= 15 is 0 Å². The summed E-state index contributed by atoms with van der Waals surface area (Å²) >= 11 is 0. The van der Waals surface area contributed by atoms with Crippen molar-refractivity contribution in [2.24, 2.45) is 5.92 Å². The predicted molar refractivity (Wildman–Crippen MR) is 134 cm³/mol. The fourth-order valence-corrected chi connectivity index (χ4v) is 5.64. The number of carboxylic acid groups (broad SMARTS) is 1. The van der Waals surface area contributed by atoms with Gasteiger partial charge in [0, 0.05) is 50.1 Å². The van der Waals surface area contributed by atoms with Crippen LogP contribution in [0.2, 0.25) is 0 Å². The second kappa shape index (κ2) is 8.68. The van der Waals surface area contributed by atoms with Crippen LogP contribution in [-0.2, 0) is 15.0 Å². The number of amides is 1. The van der Waals surface area contributed by atoms with Crippen molar-refractivity contribution in [1.29, 1.82) is 0 Å². The normalized spacial score (nSPS) is 20.2. The lowest BCUT2D eigenvalue weighted by molar-refractivity contribution is -0.145. The van der Waals surface area contributed by atoms with Crippen LogP contribution in [0, 0.1) is 5.92 Å². The van der Waals surface area contributed by atoms with E-state index in [0.29, 0.717) is 18.7 Å². The van der Waals surface area contributed by atoms with Crippen LogP contribution in [0.1, 0.15) is 31.2 Å². The number of rotatable bonds is 5. The number of anilines is 1. The van der Waals surface area contributed by atoms with Gasteiger partial charge in [-0.3, -0.25) is 9.59 Å². The molecule has 0 radical (unpaired) electrons. The molecule has 2 aromatic heterocycles. The maximum atomic E-state index is 12.4. The molecule has 3 fully saturated rings. The van der Waals surface area contributed by atoms with Crippen molar-refractivity contribution < 1.29 is 14.7 Å². The van der Waals surface area contributed by atoms with E-state index in [9.17, 15) is 14.7 Å². The number of piperazine rings is 1. The zero-order chi connectivity index (χ0) is 24.0. The third-order valence-corrected chi connectivity index (χ3v) is 7.98. The van der Waals surface area contributed by atoms with Gasteiger partial charge < -0.3 is 20.2 Å². The molecule has 35 heavy (non-hydrogen) atoms. The molecule has 1 aromatic carbocycles. The summed E-state index contributed by atoms with van der Waals surface area (Å²) in [7, 11) is 0. The van der Waals surface area contributed by atoms with Crippen molar-refractivity contribution >= 4 is 23.1 Å². The van der Waals surface area contributed by atoms with E-state index < -0.39 is 11.4 Å². The van der Waals surface area contributed by atoms with E-state index in [1.54, 1.807) is 0 Å². The predicted octanol–water partition coefficient (Wildman–Crippen LogP) is 2.77. The molecule has 3 aliphatic rings. The number of fused-ring (bicyclic) bond motifs is 1. The highest BCUT2D eigenvalue weighted by Gasteiger charge is 2.41. The van der Waals surface area contributed by atoms with Crippen molar-refractivity contribution in [1.82, 2.24) is 19.8 Å². The second-order valence-electron chi connectivity index (χ2n) is 10.1. The summed E-state index contributed by atoms with van der Waals surface area (Å²) < 4.78 is 1.91. The van der Waals surface area contributed by atoms with Crippen molar-refractivity contribution in [3.8, 4) is 11.1 Å². The summed E-state index contributed by atoms with van der Waals surface area (Å²) in [4.78, 5) is 28.9. The monoisotopic (exact) mass is 473 g/mol. The number of piperidine rings is 1. The molecule has 2 saturated heterocycles. The van der Waals surface area contributed by atoms with Gasteiger partial charge in [-0.2, -0.15) is 5.10 Å². The van der Waals surface area contributed by atoms with E-state index in [-0.39, 0.29) is 5.92 Å². The molecule has 182 valence electrons. The molecule has 0 spiro atoms. The minimum Gasteiger partial charge on any atom is -0.481 e. The summed E-state index contributed by atoms with van der Waals surface area (Å²) in [5.41, 5.74) is 4.31. The van der Waals surface area contributed by atoms with Crippen molar-refractivity contribution in [2.75, 3.05) is 44.2 Å². The topological polar surface area (TPSA) is 90.2 Å². The van der Waals surface area contributed by atoms with Gasteiger partial charge in [-0.05, 0) is 62.0 Å². The van der Waals surface area contributed by atoms with Crippen LogP contribution in [0.3, 0.4) is 0 Å². The van der Waals surface area contributed by atoms with E-state index in [2.05, 4.69) is 21.4 Å². The molecule has 8 heteroatoms. The van der Waals surface area contributed by atoms with Crippen LogP contribution in [-0.4, -0.2) is 70.8 Å². The maximum Gasteiger partial charge on any atom is 0.314 e. The highest BCUT2D eigenvalue weighted by atomic mass is 16.4. The van der Waals surface area contributed by atoms with Gasteiger partial charge in [0.05, 0.1) is 16.6 Å². The maximum absolute atomic E-state index is 12.4. The van der Waals surface area contributed by atoms with Crippen LogP contribution in [0.15, 0.2) is 48.8 Å². The Balaban J connectivity index is 1.24. The number of hydrogen-bond acceptors (Lipinski definition) is 5. The number of aromatic nitrogens is 2. The molecule has 2 N–H and O–H groups in total. The summed E-state index contributed by atoms with van der Waals surface area (Å²) in [6.07, 6.45) is 7.15. The Kier molecular flexibility index (Phi) is 5.48. The Hall–Kier alpha value is -3.39. The van der Waals surface area contributed by atoms with Gasteiger partial charge in [-0.1, -0.05) is 24.3 Å². The number of carbonyl (C=O) groups excluding carboxylic acids is 1. The van der Waals surface area contributed by atoms with Crippen LogP contribution in [0.5, 0.6) is 0 Å². The molecule has 1 saturated carbocycles. The number of carboxylic acids is 1. The van der Waals surface area contributed by atoms with Gasteiger partial charge in [0.25, 0.3) is 0 Å². The van der Waals surface area contributed by atoms with Crippen LogP contribution in [0.4, 0.5) is 5.69 Å². The lowest BCUT2D eigenvalue weighted by atomic mass is 9.73. The standard InChI is InChI=1S/C27H31N5O3/c33-25(20-1-2-20)31-15-13-30(14-16-31)23-7-10-29-32-18-21(17-24(23)32)19-3-5-22(6-4-19)27(26(34)35)8-11-28-12-9-27/h3-7,10,17-18,20,28H,1-2,8-9,11-16H2,(H,34,35). The number of benzene rings is 1. The van der Waals surface area contributed by atoms with Crippen molar-refractivity contribution in [3.63, 3.8) is 0 Å². The molecule has 4 heterocycles. The Labute approximate surface area is 204 Å². The number of carbonyl (C=O) groups is 2. The molecule has 6 rings (SSSR count). The number of nitrogens with one attached hydrogen (secondary N) is 1. The number of aliphatic carboxylic acids is 1. The molecule has 8 nitrogen and oxygen atoms in total. The Morgan fingerprint density at radius 2 is 1.69 bits per heavy atom. The Morgan fingerprint density at radius 3 is 2.34 bits per heavy atom. The highest BCUT2D eigenvalue weighted by Crippen LogP contribution is 2.36. The molecule has 0 unspecified atom stereocenters. The third kappa shape index (κ3) is 3.95. The summed E-state index contributed by atoms with van der Waals surface area (Å²) in [5.74, 6) is -0.143. The summed E-state index contributed by atoms with van der Waals surface area (Å²) in [6, 6.07) is 12.2. The average Bonchev–Trinajstić information content (AvgIpc) is 3.66. The van der Waals surface area contributed by atoms with Gasteiger partial charge in [0.15, 0.2) is 0 Å². The first-order valence-corrected chi connectivity index (χ1v) is 12.6. The lowest BCUT2D eigenvalue weighted by Gasteiger charge is -2.36. The van der Waals surface area contributed by atoms with Gasteiger partial charge in [-0.25, -0.2) is 4.52 Å². The summed E-state index contributed by atoms with van der Waals surface area (Å²) in [5, 5.41) is 17.8. The molecule has 3 aromatic rings. The largest absolute Gasteiger partial charge is 0.481 e. The first-order valence-electron chi connectivity index (χ1n) is 12.6. The van der Waals surface area contributed by atoms with Crippen molar-refractivity contribution in [3.05, 3.63) is 54.4 Å². The third-order valence-electron chi connectivity index (χ3n) is 7.98. The quantitative estimate of drug-likeness (QED) is 0.592. The molecular weight excluding hydrogens is 442 g/mol. The van der Waals surface area contributed by atoms with Gasteiger partial charge in [-0.15, -0.1) is 0 Å². The highest BCUT2D eigenvalue weighted by molar-refractivity contribution is 5.84. The summed E-state index contributed by atoms with van der Waals surface area (Å²) in [6.45, 7) is 4.60. The molecule has 2 aliphatic heterocycles. The van der Waals surface area contributed by atoms with E-state index in [1.807, 2.05) is 52.1 Å². The molecule has 0 atom stereocenters. The number of nitrogens with zero attached hydrogens (tertiary/aromatic N) is 4. The van der Waals surface area contributed by atoms with Crippen LogP contribution < -0.4 is 10.2 Å².